The van der Waals surface area contributed by atoms with Crippen LogP contribution in [0.4, 0.5) is 18.9 Å². The van der Waals surface area contributed by atoms with Gasteiger partial charge in [-0.15, -0.1) is 0 Å². The number of aromatic nitrogens is 2. The zero-order valence-electron chi connectivity index (χ0n) is 19.2. The Hall–Kier alpha value is -4.15. The monoisotopic (exact) mass is 488 g/mol. The molecule has 0 fully saturated rings. The third kappa shape index (κ3) is 5.86. The van der Waals surface area contributed by atoms with Crippen LogP contribution in [0.25, 0.3) is 5.69 Å². The Labute approximate surface area is 199 Å². The summed E-state index contributed by atoms with van der Waals surface area (Å²) in [6.45, 7) is 3.12. The fraction of sp³-hybridized carbons (Fsp3) is 0.250. The number of hydrogen-bond donors (Lipinski definition) is 1. The number of amides is 2. The van der Waals surface area contributed by atoms with Crippen LogP contribution in [-0.4, -0.2) is 46.1 Å². The molecule has 0 aliphatic heterocycles. The fourth-order valence-electron chi connectivity index (χ4n) is 3.27. The number of benzene rings is 2. The Bertz CT molecular complexity index is 1240. The summed E-state index contributed by atoms with van der Waals surface area (Å²) in [5.41, 5.74) is -0.555. The number of nitrogens with one attached hydrogen (secondary N) is 1. The second-order valence-corrected chi connectivity index (χ2v) is 7.57. The summed E-state index contributed by atoms with van der Waals surface area (Å²) < 4.78 is 46.4. The molecule has 0 atom stereocenters. The van der Waals surface area contributed by atoms with Crippen molar-refractivity contribution in [3.05, 3.63) is 77.1 Å². The summed E-state index contributed by atoms with van der Waals surface area (Å²) in [4.78, 5) is 37.8. The van der Waals surface area contributed by atoms with Crippen LogP contribution >= 0.6 is 0 Å². The minimum Gasteiger partial charge on any atom is -0.462 e. The fourth-order valence-corrected chi connectivity index (χ4v) is 3.27. The molecule has 1 N–H and O–H groups in total. The molecule has 0 aliphatic rings. The van der Waals surface area contributed by atoms with Gasteiger partial charge in [-0.25, -0.2) is 9.48 Å². The first-order valence-corrected chi connectivity index (χ1v) is 10.6. The second kappa shape index (κ2) is 10.4. The standard InChI is InChI=1S/C24H23F3N4O4/c1-4-35-23(34)19-13-28-31(21(19)24(25,26)27)18-11-9-16(10-12-18)22(33)29-20-8-6-5-7-17(20)14-30(3)15(2)32/h5-13H,4,14H2,1-3H3,(H,29,33). The molecule has 3 rings (SSSR count). The van der Waals surface area contributed by atoms with Crippen molar-refractivity contribution in [2.45, 2.75) is 26.6 Å². The number of anilines is 1. The van der Waals surface area contributed by atoms with Crippen LogP contribution < -0.4 is 5.32 Å². The van der Waals surface area contributed by atoms with Crippen LogP contribution in [0.15, 0.2) is 54.7 Å². The summed E-state index contributed by atoms with van der Waals surface area (Å²) in [5, 5.41) is 6.47. The SMILES string of the molecule is CCOC(=O)c1cnn(-c2ccc(C(=O)Nc3ccccc3CN(C)C(C)=O)cc2)c1C(F)(F)F. The first kappa shape index (κ1) is 25.5. The number of ether oxygens (including phenoxy) is 1. The molecular formula is C24H23F3N4O4. The van der Waals surface area contributed by atoms with Gasteiger partial charge in [-0.2, -0.15) is 18.3 Å². The van der Waals surface area contributed by atoms with Crippen molar-refractivity contribution in [1.29, 1.82) is 0 Å². The van der Waals surface area contributed by atoms with E-state index in [1.54, 1.807) is 31.3 Å². The zero-order valence-corrected chi connectivity index (χ0v) is 19.2. The van der Waals surface area contributed by atoms with E-state index in [4.69, 9.17) is 4.74 Å². The predicted octanol–water partition coefficient (Wildman–Crippen LogP) is 4.30. The minimum absolute atomic E-state index is 0.00732. The first-order valence-electron chi connectivity index (χ1n) is 10.6. The van der Waals surface area contributed by atoms with Crippen LogP contribution in [0.3, 0.4) is 0 Å². The Morgan fingerprint density at radius 2 is 1.74 bits per heavy atom. The molecule has 0 spiro atoms. The summed E-state index contributed by atoms with van der Waals surface area (Å²) in [5.74, 6) is -1.75. The van der Waals surface area contributed by atoms with E-state index in [9.17, 15) is 27.6 Å². The lowest BCUT2D eigenvalue weighted by atomic mass is 10.1. The van der Waals surface area contributed by atoms with Crippen molar-refractivity contribution >= 4 is 23.5 Å². The zero-order chi connectivity index (χ0) is 25.8. The second-order valence-electron chi connectivity index (χ2n) is 7.57. The van der Waals surface area contributed by atoms with Gasteiger partial charge in [0.05, 0.1) is 18.5 Å². The number of hydrogen-bond acceptors (Lipinski definition) is 5. The van der Waals surface area contributed by atoms with Gasteiger partial charge in [-0.05, 0) is 42.8 Å². The smallest absolute Gasteiger partial charge is 0.434 e. The van der Waals surface area contributed by atoms with Crippen molar-refractivity contribution in [3.63, 3.8) is 0 Å². The Kier molecular flexibility index (Phi) is 7.58. The van der Waals surface area contributed by atoms with Gasteiger partial charge < -0.3 is 15.0 Å². The molecule has 0 radical (unpaired) electrons. The van der Waals surface area contributed by atoms with Crippen LogP contribution in [0.2, 0.25) is 0 Å². The lowest BCUT2D eigenvalue weighted by Crippen LogP contribution is -2.24. The molecule has 0 aliphatic carbocycles. The number of esters is 1. The van der Waals surface area contributed by atoms with Crippen molar-refractivity contribution in [2.75, 3.05) is 19.0 Å². The maximum atomic E-state index is 13.7. The van der Waals surface area contributed by atoms with Gasteiger partial charge in [0, 0.05) is 31.8 Å². The third-order valence-corrected chi connectivity index (χ3v) is 5.12. The lowest BCUT2D eigenvalue weighted by Gasteiger charge is -2.18. The van der Waals surface area contributed by atoms with Crippen molar-refractivity contribution in [2.24, 2.45) is 0 Å². The van der Waals surface area contributed by atoms with Crippen molar-refractivity contribution in [1.82, 2.24) is 14.7 Å². The lowest BCUT2D eigenvalue weighted by molar-refractivity contribution is -0.143. The highest BCUT2D eigenvalue weighted by atomic mass is 19.4. The maximum absolute atomic E-state index is 13.7. The quantitative estimate of drug-likeness (QED) is 0.501. The average Bonchev–Trinajstić information content (AvgIpc) is 3.26. The van der Waals surface area contributed by atoms with Crippen molar-refractivity contribution < 1.29 is 32.3 Å². The maximum Gasteiger partial charge on any atom is 0.434 e. The number of alkyl halides is 3. The number of halogens is 3. The van der Waals surface area contributed by atoms with Crippen LogP contribution in [0, 0.1) is 0 Å². The Balaban J connectivity index is 1.85. The number of para-hydroxylation sites is 1. The molecule has 11 heteroatoms. The molecule has 3 aromatic rings. The van der Waals surface area contributed by atoms with Gasteiger partial charge in [0.1, 0.15) is 5.56 Å². The molecule has 1 aromatic heterocycles. The van der Waals surface area contributed by atoms with Gasteiger partial charge in [-0.1, -0.05) is 18.2 Å². The normalized spacial score (nSPS) is 11.1. The van der Waals surface area contributed by atoms with Gasteiger partial charge in [-0.3, -0.25) is 9.59 Å². The molecule has 35 heavy (non-hydrogen) atoms. The van der Waals surface area contributed by atoms with Crippen molar-refractivity contribution in [3.8, 4) is 5.69 Å². The van der Waals surface area contributed by atoms with Crippen LogP contribution in [-0.2, 0) is 22.3 Å². The average molecular weight is 488 g/mol. The third-order valence-electron chi connectivity index (χ3n) is 5.12. The summed E-state index contributed by atoms with van der Waals surface area (Å²) in [6, 6.07) is 12.3. The molecule has 0 saturated heterocycles. The highest BCUT2D eigenvalue weighted by molar-refractivity contribution is 6.04. The highest BCUT2D eigenvalue weighted by Gasteiger charge is 2.41. The molecule has 2 aromatic carbocycles. The highest BCUT2D eigenvalue weighted by Crippen LogP contribution is 2.34. The molecule has 1 heterocycles. The van der Waals surface area contributed by atoms with E-state index in [0.717, 1.165) is 6.20 Å². The van der Waals surface area contributed by atoms with Gasteiger partial charge in [0.15, 0.2) is 5.69 Å². The molecule has 184 valence electrons. The van der Waals surface area contributed by atoms with E-state index >= 15 is 0 Å². The van der Waals surface area contributed by atoms with Gasteiger partial charge >= 0.3 is 12.1 Å². The molecular weight excluding hydrogens is 465 g/mol. The predicted molar refractivity (Wildman–Crippen MR) is 121 cm³/mol. The molecule has 0 bridgehead atoms. The molecule has 2 amide bonds. The molecule has 8 nitrogen and oxygen atoms in total. The Morgan fingerprint density at radius 3 is 2.34 bits per heavy atom. The minimum atomic E-state index is -4.87. The topological polar surface area (TPSA) is 93.5 Å². The van der Waals surface area contributed by atoms with E-state index in [1.807, 2.05) is 0 Å². The van der Waals surface area contributed by atoms with E-state index in [-0.39, 0.29) is 30.3 Å². The Morgan fingerprint density at radius 1 is 1.09 bits per heavy atom. The van der Waals surface area contributed by atoms with Gasteiger partial charge in [0.25, 0.3) is 5.91 Å². The summed E-state index contributed by atoms with van der Waals surface area (Å²) >= 11 is 0. The van der Waals surface area contributed by atoms with E-state index in [2.05, 4.69) is 10.4 Å². The van der Waals surface area contributed by atoms with E-state index in [1.165, 1.54) is 43.0 Å². The van der Waals surface area contributed by atoms with Crippen LogP contribution in [0.1, 0.15) is 45.8 Å². The number of carbonyl (C=O) groups excluding carboxylic acids is 3. The van der Waals surface area contributed by atoms with E-state index < -0.39 is 29.3 Å². The number of rotatable bonds is 7. The largest absolute Gasteiger partial charge is 0.462 e. The first-order chi connectivity index (χ1) is 16.5. The number of nitrogens with zero attached hydrogens (tertiary/aromatic N) is 3. The van der Waals surface area contributed by atoms with Gasteiger partial charge in [0.2, 0.25) is 5.91 Å². The molecule has 0 saturated carbocycles. The number of carbonyl (C=O) groups is 3. The van der Waals surface area contributed by atoms with Crippen LogP contribution in [0.5, 0.6) is 0 Å². The summed E-state index contributed by atoms with van der Waals surface area (Å²) in [7, 11) is 1.64. The summed E-state index contributed by atoms with van der Waals surface area (Å²) in [6.07, 6.45) is -4.07. The van der Waals surface area contributed by atoms with E-state index in [0.29, 0.717) is 15.9 Å². The molecule has 0 unspecified atom stereocenters.